The summed E-state index contributed by atoms with van der Waals surface area (Å²) in [5.74, 6) is 0.0263. The molecule has 0 spiro atoms. The van der Waals surface area contributed by atoms with Crippen LogP contribution in [0.25, 0.3) is 0 Å². The minimum Gasteiger partial charge on any atom is -0.317 e. The molecule has 0 aliphatic heterocycles. The standard InChI is InChI=1S/C21H34F4O/c1-13-3-6-15(7-4-13)16-8-10-17(11-9-16)26-21(24,25)18-12-5-14(2)19(22)20(18)23/h13-20H,3-12H2,1-2H3. The molecule has 0 N–H and O–H groups in total. The van der Waals surface area contributed by atoms with Crippen LogP contribution in [-0.2, 0) is 4.74 Å². The third-order valence-electron chi connectivity index (χ3n) is 7.37. The molecule has 3 rings (SSSR count). The molecule has 3 saturated carbocycles. The highest BCUT2D eigenvalue weighted by molar-refractivity contribution is 4.91. The topological polar surface area (TPSA) is 9.23 Å². The maximum Gasteiger partial charge on any atom is 0.361 e. The molecule has 0 radical (unpaired) electrons. The highest BCUT2D eigenvalue weighted by Gasteiger charge is 2.53. The molecule has 4 unspecified atom stereocenters. The molecule has 3 aliphatic rings. The van der Waals surface area contributed by atoms with Crippen molar-refractivity contribution < 1.29 is 22.3 Å². The summed E-state index contributed by atoms with van der Waals surface area (Å²) in [6.45, 7) is 3.88. The Morgan fingerprint density at radius 1 is 0.692 bits per heavy atom. The monoisotopic (exact) mass is 378 g/mol. The average molecular weight is 378 g/mol. The predicted molar refractivity (Wildman–Crippen MR) is 94.6 cm³/mol. The lowest BCUT2D eigenvalue weighted by Gasteiger charge is -2.40. The molecule has 3 fully saturated rings. The van der Waals surface area contributed by atoms with Gasteiger partial charge in [-0.2, -0.15) is 8.78 Å². The zero-order chi connectivity index (χ0) is 18.9. The molecule has 5 heteroatoms. The van der Waals surface area contributed by atoms with E-state index in [0.29, 0.717) is 18.8 Å². The fraction of sp³-hybridized carbons (Fsp3) is 1.00. The largest absolute Gasteiger partial charge is 0.361 e. The van der Waals surface area contributed by atoms with Gasteiger partial charge in [0.1, 0.15) is 12.3 Å². The van der Waals surface area contributed by atoms with Crippen molar-refractivity contribution in [2.45, 2.75) is 103 Å². The molecule has 0 saturated heterocycles. The van der Waals surface area contributed by atoms with Crippen molar-refractivity contribution in [3.63, 3.8) is 0 Å². The van der Waals surface area contributed by atoms with Gasteiger partial charge < -0.3 is 4.74 Å². The second-order valence-electron chi connectivity index (χ2n) is 9.29. The Kier molecular flexibility index (Phi) is 6.57. The second-order valence-corrected chi connectivity index (χ2v) is 9.29. The van der Waals surface area contributed by atoms with Crippen LogP contribution in [0.2, 0.25) is 0 Å². The SMILES string of the molecule is CC1CCC(C2CCC(OC(F)(F)C3CCC(C)C(F)C3F)CC2)CC1. The Morgan fingerprint density at radius 3 is 1.81 bits per heavy atom. The molecule has 0 aromatic heterocycles. The first kappa shape index (κ1) is 20.4. The predicted octanol–water partition coefficient (Wildman–Crippen LogP) is 6.70. The Bertz CT molecular complexity index is 441. The maximum atomic E-state index is 14.5. The van der Waals surface area contributed by atoms with Crippen LogP contribution < -0.4 is 0 Å². The Labute approximate surface area is 155 Å². The zero-order valence-corrected chi connectivity index (χ0v) is 16.1. The van der Waals surface area contributed by atoms with Gasteiger partial charge in [0.25, 0.3) is 0 Å². The van der Waals surface area contributed by atoms with E-state index in [0.717, 1.165) is 24.7 Å². The molecule has 1 nitrogen and oxygen atoms in total. The van der Waals surface area contributed by atoms with Crippen molar-refractivity contribution in [3.8, 4) is 0 Å². The number of hydrogen-bond acceptors (Lipinski definition) is 1. The molecule has 26 heavy (non-hydrogen) atoms. The average Bonchev–Trinajstić information content (AvgIpc) is 2.60. The van der Waals surface area contributed by atoms with E-state index in [2.05, 4.69) is 6.92 Å². The summed E-state index contributed by atoms with van der Waals surface area (Å²) >= 11 is 0. The van der Waals surface area contributed by atoms with E-state index in [1.165, 1.54) is 25.7 Å². The fourth-order valence-electron chi connectivity index (χ4n) is 5.39. The number of alkyl halides is 4. The first-order valence-corrected chi connectivity index (χ1v) is 10.6. The minimum absolute atomic E-state index is 0.00857. The van der Waals surface area contributed by atoms with Crippen molar-refractivity contribution in [2.24, 2.45) is 29.6 Å². The lowest BCUT2D eigenvalue weighted by molar-refractivity contribution is -0.314. The summed E-state index contributed by atoms with van der Waals surface area (Å²) in [5.41, 5.74) is 0. The van der Waals surface area contributed by atoms with Gasteiger partial charge in [0.2, 0.25) is 0 Å². The van der Waals surface area contributed by atoms with Crippen LogP contribution in [0.4, 0.5) is 17.6 Å². The fourth-order valence-corrected chi connectivity index (χ4v) is 5.39. The van der Waals surface area contributed by atoms with E-state index >= 15 is 0 Å². The van der Waals surface area contributed by atoms with E-state index in [4.69, 9.17) is 4.74 Å². The normalized spacial score (nSPS) is 45.5. The van der Waals surface area contributed by atoms with Gasteiger partial charge in [-0.15, -0.1) is 0 Å². The van der Waals surface area contributed by atoms with Crippen molar-refractivity contribution in [3.05, 3.63) is 0 Å². The van der Waals surface area contributed by atoms with Gasteiger partial charge >= 0.3 is 6.11 Å². The number of ether oxygens (including phenoxy) is 1. The molecule has 0 aromatic rings. The van der Waals surface area contributed by atoms with Crippen LogP contribution in [0.1, 0.15) is 78.1 Å². The van der Waals surface area contributed by atoms with Crippen molar-refractivity contribution in [1.82, 2.24) is 0 Å². The van der Waals surface area contributed by atoms with Crippen LogP contribution in [-0.4, -0.2) is 24.6 Å². The van der Waals surface area contributed by atoms with Crippen LogP contribution in [0, 0.1) is 29.6 Å². The molecule has 4 atom stereocenters. The van der Waals surface area contributed by atoms with Gasteiger partial charge in [0, 0.05) is 0 Å². The smallest absolute Gasteiger partial charge is 0.317 e. The second kappa shape index (κ2) is 8.36. The molecule has 0 aromatic carbocycles. The lowest BCUT2D eigenvalue weighted by atomic mass is 9.71. The highest BCUT2D eigenvalue weighted by Crippen LogP contribution is 2.45. The first-order chi connectivity index (χ1) is 12.3. The van der Waals surface area contributed by atoms with Crippen molar-refractivity contribution in [1.29, 1.82) is 0 Å². The van der Waals surface area contributed by atoms with Gasteiger partial charge in [0.05, 0.1) is 12.0 Å². The summed E-state index contributed by atoms with van der Waals surface area (Å²) < 4.78 is 62.1. The summed E-state index contributed by atoms with van der Waals surface area (Å²) in [6.07, 6.45) is 0.406. The van der Waals surface area contributed by atoms with E-state index in [-0.39, 0.29) is 12.8 Å². The summed E-state index contributed by atoms with van der Waals surface area (Å²) in [4.78, 5) is 0. The van der Waals surface area contributed by atoms with Gasteiger partial charge in [0.15, 0.2) is 0 Å². The van der Waals surface area contributed by atoms with Crippen LogP contribution in [0.5, 0.6) is 0 Å². The highest BCUT2D eigenvalue weighted by atomic mass is 19.3. The molecular formula is C21H34F4O. The number of hydrogen-bond donors (Lipinski definition) is 0. The van der Waals surface area contributed by atoms with Crippen molar-refractivity contribution >= 4 is 0 Å². The van der Waals surface area contributed by atoms with Gasteiger partial charge in [-0.1, -0.05) is 26.7 Å². The van der Waals surface area contributed by atoms with Crippen molar-refractivity contribution in [2.75, 3.05) is 0 Å². The van der Waals surface area contributed by atoms with Gasteiger partial charge in [-0.3, -0.25) is 0 Å². The third kappa shape index (κ3) is 4.56. The summed E-state index contributed by atoms with van der Waals surface area (Å²) in [5, 5.41) is 0. The zero-order valence-electron chi connectivity index (χ0n) is 16.1. The lowest BCUT2D eigenvalue weighted by Crippen LogP contribution is -2.48. The van der Waals surface area contributed by atoms with E-state index in [1.54, 1.807) is 6.92 Å². The van der Waals surface area contributed by atoms with Gasteiger partial charge in [-0.05, 0) is 75.0 Å². The molecule has 0 bridgehead atoms. The van der Waals surface area contributed by atoms with Crippen LogP contribution in [0.15, 0.2) is 0 Å². The molecule has 3 aliphatic carbocycles. The van der Waals surface area contributed by atoms with Crippen LogP contribution >= 0.6 is 0 Å². The van der Waals surface area contributed by atoms with Gasteiger partial charge in [-0.25, -0.2) is 8.78 Å². The maximum absolute atomic E-state index is 14.5. The molecule has 0 heterocycles. The molecule has 0 amide bonds. The molecular weight excluding hydrogens is 344 g/mol. The Balaban J connectivity index is 1.49. The van der Waals surface area contributed by atoms with E-state index in [1.807, 2.05) is 0 Å². The van der Waals surface area contributed by atoms with Crippen LogP contribution in [0.3, 0.4) is 0 Å². The Hall–Kier alpha value is -0.320. The quantitative estimate of drug-likeness (QED) is 0.494. The summed E-state index contributed by atoms with van der Waals surface area (Å²) in [6, 6.07) is 0. The first-order valence-electron chi connectivity index (χ1n) is 10.6. The number of rotatable bonds is 4. The molecule has 152 valence electrons. The third-order valence-corrected chi connectivity index (χ3v) is 7.37. The summed E-state index contributed by atoms with van der Waals surface area (Å²) in [7, 11) is 0. The van der Waals surface area contributed by atoms with E-state index < -0.39 is 36.4 Å². The minimum atomic E-state index is -3.57. The van der Waals surface area contributed by atoms with E-state index in [9.17, 15) is 17.6 Å². The number of halogens is 4. The Morgan fingerprint density at radius 2 is 1.23 bits per heavy atom.